The second kappa shape index (κ2) is 5.79. The molecule has 0 radical (unpaired) electrons. The third-order valence-electron chi connectivity index (χ3n) is 2.93. The van der Waals surface area contributed by atoms with Gasteiger partial charge in [0.15, 0.2) is 0 Å². The van der Waals surface area contributed by atoms with Gasteiger partial charge in [-0.3, -0.25) is 4.79 Å². The molecule has 1 amide bonds. The van der Waals surface area contributed by atoms with Crippen molar-refractivity contribution in [1.29, 1.82) is 0 Å². The van der Waals surface area contributed by atoms with Gasteiger partial charge in [-0.15, -0.1) is 0 Å². The predicted molar refractivity (Wildman–Crippen MR) is 81.5 cm³/mol. The van der Waals surface area contributed by atoms with E-state index >= 15 is 0 Å². The van der Waals surface area contributed by atoms with Crippen LogP contribution in [0.15, 0.2) is 48.5 Å². The van der Waals surface area contributed by atoms with Crippen LogP contribution >= 0.6 is 12.2 Å². The first kappa shape index (κ1) is 14.1. The summed E-state index contributed by atoms with van der Waals surface area (Å²) in [6.45, 7) is 0. The lowest BCUT2D eigenvalue weighted by Crippen LogP contribution is -2.26. The van der Waals surface area contributed by atoms with E-state index in [1.807, 2.05) is 0 Å². The molecule has 2 rings (SSSR count). The lowest BCUT2D eigenvalue weighted by molar-refractivity contribution is 0.0993. The average molecular weight is 288 g/mol. The maximum absolute atomic E-state index is 12.9. The average Bonchev–Trinajstić information content (AvgIpc) is 2.46. The third-order valence-corrected chi connectivity index (χ3v) is 3.17. The fourth-order valence-corrected chi connectivity index (χ4v) is 1.89. The number of hydrogen-bond donors (Lipinski definition) is 1. The van der Waals surface area contributed by atoms with E-state index in [0.717, 1.165) is 0 Å². The van der Waals surface area contributed by atoms with Gasteiger partial charge in [-0.25, -0.2) is 4.39 Å². The molecule has 0 fully saturated rings. The Labute approximate surface area is 121 Å². The number of thiocarbonyl (C=S) groups is 1. The van der Waals surface area contributed by atoms with Crippen LogP contribution in [0.3, 0.4) is 0 Å². The van der Waals surface area contributed by atoms with Gasteiger partial charge in [-0.2, -0.15) is 0 Å². The van der Waals surface area contributed by atoms with Crippen molar-refractivity contribution < 1.29 is 9.18 Å². The minimum Gasteiger partial charge on any atom is -0.389 e. The number of amides is 1. The van der Waals surface area contributed by atoms with E-state index in [0.29, 0.717) is 16.8 Å². The molecule has 0 atom stereocenters. The Morgan fingerprint density at radius 1 is 1.05 bits per heavy atom. The molecular weight excluding hydrogens is 275 g/mol. The van der Waals surface area contributed by atoms with Crippen LogP contribution in [0, 0.1) is 5.82 Å². The van der Waals surface area contributed by atoms with Gasteiger partial charge in [0.2, 0.25) is 0 Å². The number of carbonyl (C=O) groups is 1. The first-order valence-electron chi connectivity index (χ1n) is 5.92. The van der Waals surface area contributed by atoms with Crippen molar-refractivity contribution in [3.63, 3.8) is 0 Å². The molecule has 0 aliphatic carbocycles. The van der Waals surface area contributed by atoms with Crippen LogP contribution in [-0.2, 0) is 0 Å². The van der Waals surface area contributed by atoms with Crippen molar-refractivity contribution in [3.05, 3.63) is 65.5 Å². The number of hydrogen-bond acceptors (Lipinski definition) is 2. The summed E-state index contributed by atoms with van der Waals surface area (Å²) in [6.07, 6.45) is 0. The molecule has 0 saturated carbocycles. The summed E-state index contributed by atoms with van der Waals surface area (Å²) in [4.78, 5) is 14.0. The molecule has 5 heteroatoms. The summed E-state index contributed by atoms with van der Waals surface area (Å²) in [5.74, 6) is -0.526. The summed E-state index contributed by atoms with van der Waals surface area (Å²) >= 11 is 4.86. The van der Waals surface area contributed by atoms with Crippen LogP contribution < -0.4 is 10.6 Å². The number of nitrogens with two attached hydrogens (primary N) is 1. The highest BCUT2D eigenvalue weighted by molar-refractivity contribution is 7.80. The molecular formula is C15H13FN2OS. The highest BCUT2D eigenvalue weighted by Crippen LogP contribution is 2.16. The number of carbonyl (C=O) groups excluding carboxylic acids is 1. The van der Waals surface area contributed by atoms with Gasteiger partial charge in [-0.1, -0.05) is 24.4 Å². The number of nitrogens with zero attached hydrogens (tertiary/aromatic N) is 1. The van der Waals surface area contributed by atoms with E-state index in [1.165, 1.54) is 17.0 Å². The standard InChI is InChI=1S/C15H13FN2OS/c1-18(13-8-6-12(16)7-9-13)15(19)11-4-2-10(3-5-11)14(17)20/h2-9H,1H3,(H2,17,20). The van der Waals surface area contributed by atoms with Gasteiger partial charge in [-0.05, 0) is 36.4 Å². The van der Waals surface area contributed by atoms with Gasteiger partial charge in [0.25, 0.3) is 5.91 Å². The van der Waals surface area contributed by atoms with E-state index in [9.17, 15) is 9.18 Å². The third kappa shape index (κ3) is 3.00. The Hall–Kier alpha value is -2.27. The molecule has 0 heterocycles. The monoisotopic (exact) mass is 288 g/mol. The molecule has 0 spiro atoms. The van der Waals surface area contributed by atoms with E-state index in [1.54, 1.807) is 43.4 Å². The summed E-state index contributed by atoms with van der Waals surface area (Å²) in [5.41, 5.74) is 7.35. The Balaban J connectivity index is 2.22. The van der Waals surface area contributed by atoms with Crippen LogP contribution in [0.4, 0.5) is 10.1 Å². The highest BCUT2D eigenvalue weighted by atomic mass is 32.1. The van der Waals surface area contributed by atoms with E-state index in [2.05, 4.69) is 0 Å². The van der Waals surface area contributed by atoms with Crippen LogP contribution in [0.5, 0.6) is 0 Å². The Morgan fingerprint density at radius 2 is 1.55 bits per heavy atom. The van der Waals surface area contributed by atoms with E-state index in [-0.39, 0.29) is 16.7 Å². The fourth-order valence-electron chi connectivity index (χ4n) is 1.75. The smallest absolute Gasteiger partial charge is 0.258 e. The molecule has 0 aromatic heterocycles. The Morgan fingerprint density at radius 3 is 2.05 bits per heavy atom. The molecule has 3 nitrogen and oxygen atoms in total. The number of anilines is 1. The largest absolute Gasteiger partial charge is 0.389 e. The molecule has 0 saturated heterocycles. The van der Waals surface area contributed by atoms with Crippen molar-refractivity contribution >= 4 is 28.8 Å². The molecule has 20 heavy (non-hydrogen) atoms. The Kier molecular flexibility index (Phi) is 4.10. The number of benzene rings is 2. The van der Waals surface area contributed by atoms with Gasteiger partial charge >= 0.3 is 0 Å². The molecule has 0 bridgehead atoms. The summed E-state index contributed by atoms with van der Waals surface area (Å²) in [5, 5.41) is 0. The van der Waals surface area contributed by atoms with Crippen molar-refractivity contribution in [3.8, 4) is 0 Å². The maximum Gasteiger partial charge on any atom is 0.258 e. The molecule has 2 aromatic rings. The van der Waals surface area contributed by atoms with Crippen LogP contribution in [-0.4, -0.2) is 17.9 Å². The van der Waals surface area contributed by atoms with E-state index < -0.39 is 0 Å². The lowest BCUT2D eigenvalue weighted by Gasteiger charge is -2.17. The summed E-state index contributed by atoms with van der Waals surface area (Å²) in [6, 6.07) is 12.5. The zero-order chi connectivity index (χ0) is 14.7. The molecule has 2 N–H and O–H groups in total. The fraction of sp³-hybridized carbons (Fsp3) is 0.0667. The van der Waals surface area contributed by atoms with Gasteiger partial charge in [0.1, 0.15) is 10.8 Å². The highest BCUT2D eigenvalue weighted by Gasteiger charge is 2.13. The second-order valence-electron chi connectivity index (χ2n) is 4.28. The van der Waals surface area contributed by atoms with Crippen molar-refractivity contribution in [2.45, 2.75) is 0 Å². The normalized spacial score (nSPS) is 10.1. The summed E-state index contributed by atoms with van der Waals surface area (Å²) in [7, 11) is 1.64. The zero-order valence-corrected chi connectivity index (χ0v) is 11.7. The Bertz CT molecular complexity index is 638. The minimum absolute atomic E-state index is 0.189. The van der Waals surface area contributed by atoms with Gasteiger partial charge in [0.05, 0.1) is 0 Å². The van der Waals surface area contributed by atoms with Gasteiger partial charge in [0, 0.05) is 23.9 Å². The maximum atomic E-state index is 12.9. The van der Waals surface area contributed by atoms with Crippen molar-refractivity contribution in [2.24, 2.45) is 5.73 Å². The predicted octanol–water partition coefficient (Wildman–Crippen LogP) is 2.74. The van der Waals surface area contributed by atoms with Crippen molar-refractivity contribution in [2.75, 3.05) is 11.9 Å². The SMILES string of the molecule is CN(C(=O)c1ccc(C(N)=S)cc1)c1ccc(F)cc1. The van der Waals surface area contributed by atoms with Crippen molar-refractivity contribution in [1.82, 2.24) is 0 Å². The minimum atomic E-state index is -0.338. The quantitative estimate of drug-likeness (QED) is 0.883. The van der Waals surface area contributed by atoms with E-state index in [4.69, 9.17) is 18.0 Å². The number of halogens is 1. The van der Waals surface area contributed by atoms with Crippen LogP contribution in [0.2, 0.25) is 0 Å². The molecule has 2 aromatic carbocycles. The van der Waals surface area contributed by atoms with Crippen LogP contribution in [0.1, 0.15) is 15.9 Å². The zero-order valence-electron chi connectivity index (χ0n) is 10.8. The van der Waals surface area contributed by atoms with Crippen LogP contribution in [0.25, 0.3) is 0 Å². The lowest BCUT2D eigenvalue weighted by atomic mass is 10.1. The first-order chi connectivity index (χ1) is 9.49. The molecule has 0 aliphatic heterocycles. The number of rotatable bonds is 3. The molecule has 0 aliphatic rings. The first-order valence-corrected chi connectivity index (χ1v) is 6.33. The topological polar surface area (TPSA) is 46.3 Å². The summed E-state index contributed by atoms with van der Waals surface area (Å²) < 4.78 is 12.9. The second-order valence-corrected chi connectivity index (χ2v) is 4.72. The molecule has 102 valence electrons. The molecule has 0 unspecified atom stereocenters. The van der Waals surface area contributed by atoms with Gasteiger partial charge < -0.3 is 10.6 Å².